The van der Waals surface area contributed by atoms with Gasteiger partial charge < -0.3 is 10.4 Å². The second-order valence-corrected chi connectivity index (χ2v) is 6.00. The van der Waals surface area contributed by atoms with E-state index in [0.717, 1.165) is 24.8 Å². The van der Waals surface area contributed by atoms with Crippen molar-refractivity contribution in [1.29, 1.82) is 0 Å². The zero-order valence-electron chi connectivity index (χ0n) is 12.3. The molecule has 1 saturated carbocycles. The van der Waals surface area contributed by atoms with Crippen LogP contribution in [0.4, 0.5) is 0 Å². The number of carbonyl (C=O) groups is 2. The number of carbonyl (C=O) groups excluding carboxylic acids is 1. The summed E-state index contributed by atoms with van der Waals surface area (Å²) >= 11 is 6.01. The van der Waals surface area contributed by atoms with E-state index < -0.39 is 5.97 Å². The highest BCUT2D eigenvalue weighted by atomic mass is 35.5. The molecule has 1 fully saturated rings. The van der Waals surface area contributed by atoms with Crippen LogP contribution < -0.4 is 5.32 Å². The number of hydrogen-bond donors (Lipinski definition) is 2. The lowest BCUT2D eigenvalue weighted by Gasteiger charge is -2.28. The number of rotatable bonds is 5. The molecule has 1 aliphatic rings. The molecule has 0 radical (unpaired) electrons. The smallest absolute Gasteiger partial charge is 0.306 e. The maximum absolute atomic E-state index is 11.9. The molecule has 0 aromatic heterocycles. The van der Waals surface area contributed by atoms with Gasteiger partial charge in [0, 0.05) is 17.6 Å². The fourth-order valence-electron chi connectivity index (χ4n) is 2.84. The van der Waals surface area contributed by atoms with Gasteiger partial charge in [0.05, 0.1) is 5.92 Å². The molecular weight excluding hydrogens is 302 g/mol. The van der Waals surface area contributed by atoms with Crippen LogP contribution in [0.15, 0.2) is 30.3 Å². The normalized spacial score (nSPS) is 21.7. The zero-order chi connectivity index (χ0) is 15.9. The quantitative estimate of drug-likeness (QED) is 0.817. The molecule has 1 aromatic rings. The number of amides is 1. The van der Waals surface area contributed by atoms with Gasteiger partial charge in [0.15, 0.2) is 0 Å². The minimum atomic E-state index is -0.759. The van der Waals surface area contributed by atoms with Gasteiger partial charge in [-0.2, -0.15) is 0 Å². The van der Waals surface area contributed by atoms with Crippen LogP contribution in [0.3, 0.4) is 0 Å². The summed E-state index contributed by atoms with van der Waals surface area (Å²) in [4.78, 5) is 23.1. The van der Waals surface area contributed by atoms with E-state index in [9.17, 15) is 14.7 Å². The van der Waals surface area contributed by atoms with E-state index in [2.05, 4.69) is 5.32 Å². The Hall–Kier alpha value is -1.81. The lowest BCUT2D eigenvalue weighted by atomic mass is 9.79. The average Bonchev–Trinajstić information content (AvgIpc) is 2.52. The van der Waals surface area contributed by atoms with Crippen LogP contribution in [-0.2, 0) is 9.59 Å². The Kier molecular flexibility index (Phi) is 6.01. The fraction of sp³-hybridized carbons (Fsp3) is 0.412. The molecule has 5 heteroatoms. The Labute approximate surface area is 135 Å². The molecule has 0 bridgehead atoms. The molecule has 1 aromatic carbocycles. The van der Waals surface area contributed by atoms with Crippen LogP contribution in [0.1, 0.15) is 31.2 Å². The number of carboxylic acid groups (broad SMARTS) is 1. The molecular formula is C17H20ClNO3. The van der Waals surface area contributed by atoms with Crippen molar-refractivity contribution in [2.75, 3.05) is 6.54 Å². The topological polar surface area (TPSA) is 66.4 Å². The monoisotopic (exact) mass is 321 g/mol. The van der Waals surface area contributed by atoms with Crippen LogP contribution in [-0.4, -0.2) is 23.5 Å². The first-order valence-electron chi connectivity index (χ1n) is 7.51. The molecule has 0 aliphatic heterocycles. The minimum absolute atomic E-state index is 0.0175. The lowest BCUT2D eigenvalue weighted by molar-refractivity contribution is -0.145. The third-order valence-corrected chi connectivity index (χ3v) is 4.43. The van der Waals surface area contributed by atoms with E-state index in [4.69, 9.17) is 11.6 Å². The first-order chi connectivity index (χ1) is 10.6. The molecule has 0 spiro atoms. The molecule has 1 amide bonds. The highest BCUT2D eigenvalue weighted by Gasteiger charge is 2.30. The third kappa shape index (κ3) is 4.60. The maximum atomic E-state index is 11.9. The molecule has 118 valence electrons. The summed E-state index contributed by atoms with van der Waals surface area (Å²) in [7, 11) is 0. The zero-order valence-corrected chi connectivity index (χ0v) is 13.1. The fourth-order valence-corrected chi connectivity index (χ4v) is 3.04. The van der Waals surface area contributed by atoms with Gasteiger partial charge in [-0.25, -0.2) is 0 Å². The molecule has 2 atom stereocenters. The van der Waals surface area contributed by atoms with Crippen molar-refractivity contribution >= 4 is 29.6 Å². The third-order valence-electron chi connectivity index (χ3n) is 4.08. The van der Waals surface area contributed by atoms with E-state index in [1.807, 2.05) is 18.2 Å². The second kappa shape index (κ2) is 7.99. The highest BCUT2D eigenvalue weighted by molar-refractivity contribution is 6.32. The molecule has 2 rings (SSSR count). The maximum Gasteiger partial charge on any atom is 0.306 e. The second-order valence-electron chi connectivity index (χ2n) is 5.59. The van der Waals surface area contributed by atoms with Gasteiger partial charge in [0.1, 0.15) is 0 Å². The number of halogens is 1. The van der Waals surface area contributed by atoms with E-state index in [0.29, 0.717) is 18.0 Å². The molecule has 0 heterocycles. The molecule has 0 unspecified atom stereocenters. The van der Waals surface area contributed by atoms with Crippen molar-refractivity contribution in [3.8, 4) is 0 Å². The van der Waals surface area contributed by atoms with Gasteiger partial charge in [0.25, 0.3) is 0 Å². The van der Waals surface area contributed by atoms with E-state index in [1.54, 1.807) is 12.1 Å². The number of aliphatic carboxylic acids is 1. The summed E-state index contributed by atoms with van der Waals surface area (Å²) in [5.41, 5.74) is 0.778. The lowest BCUT2D eigenvalue weighted by Crippen LogP contribution is -2.36. The number of nitrogens with one attached hydrogen (secondary N) is 1. The molecule has 0 saturated heterocycles. The Balaban J connectivity index is 1.87. The van der Waals surface area contributed by atoms with Crippen molar-refractivity contribution in [2.45, 2.75) is 25.7 Å². The first kappa shape index (κ1) is 16.6. The summed E-state index contributed by atoms with van der Waals surface area (Å²) in [5, 5.41) is 12.6. The van der Waals surface area contributed by atoms with E-state index in [-0.39, 0.29) is 17.7 Å². The predicted molar refractivity (Wildman–Crippen MR) is 86.6 cm³/mol. The Morgan fingerprint density at radius 2 is 2.00 bits per heavy atom. The van der Waals surface area contributed by atoms with Crippen molar-refractivity contribution in [1.82, 2.24) is 5.32 Å². The molecule has 22 heavy (non-hydrogen) atoms. The molecule has 2 N–H and O–H groups in total. The van der Waals surface area contributed by atoms with E-state index >= 15 is 0 Å². The van der Waals surface area contributed by atoms with Crippen molar-refractivity contribution in [3.63, 3.8) is 0 Å². The largest absolute Gasteiger partial charge is 0.481 e. The van der Waals surface area contributed by atoms with Crippen molar-refractivity contribution in [3.05, 3.63) is 40.9 Å². The van der Waals surface area contributed by atoms with Crippen LogP contribution in [0, 0.1) is 11.8 Å². The summed E-state index contributed by atoms with van der Waals surface area (Å²) in [6, 6.07) is 7.27. The van der Waals surface area contributed by atoms with Crippen LogP contribution in [0.25, 0.3) is 6.08 Å². The Bertz CT molecular complexity index is 571. The Morgan fingerprint density at radius 3 is 2.73 bits per heavy atom. The van der Waals surface area contributed by atoms with Gasteiger partial charge in [-0.1, -0.05) is 42.6 Å². The van der Waals surface area contributed by atoms with Crippen LogP contribution in [0.2, 0.25) is 5.02 Å². The summed E-state index contributed by atoms with van der Waals surface area (Å²) < 4.78 is 0. The van der Waals surface area contributed by atoms with Crippen molar-refractivity contribution in [2.24, 2.45) is 11.8 Å². The summed E-state index contributed by atoms with van der Waals surface area (Å²) in [6.07, 6.45) is 6.62. The summed E-state index contributed by atoms with van der Waals surface area (Å²) in [6.45, 7) is 0.405. The molecule has 4 nitrogen and oxygen atoms in total. The van der Waals surface area contributed by atoms with Gasteiger partial charge in [-0.05, 0) is 36.5 Å². The summed E-state index contributed by atoms with van der Waals surface area (Å²) in [5.74, 6) is -1.31. The van der Waals surface area contributed by atoms with Gasteiger partial charge >= 0.3 is 5.97 Å². The van der Waals surface area contributed by atoms with Crippen LogP contribution in [0.5, 0.6) is 0 Å². The Morgan fingerprint density at radius 1 is 1.27 bits per heavy atom. The van der Waals surface area contributed by atoms with E-state index in [1.165, 1.54) is 6.08 Å². The predicted octanol–water partition coefficient (Wildman–Crippen LogP) is 3.36. The number of carboxylic acids is 1. The van der Waals surface area contributed by atoms with Gasteiger partial charge in [0.2, 0.25) is 5.91 Å². The SMILES string of the molecule is O=C(/C=C/c1ccccc1Cl)NC[C@@H]1CCCC[C@@H]1C(=O)O. The number of benzene rings is 1. The van der Waals surface area contributed by atoms with Crippen molar-refractivity contribution < 1.29 is 14.7 Å². The molecule has 1 aliphatic carbocycles. The van der Waals surface area contributed by atoms with Crippen LogP contribution >= 0.6 is 11.6 Å². The highest BCUT2D eigenvalue weighted by Crippen LogP contribution is 2.29. The first-order valence-corrected chi connectivity index (χ1v) is 7.89. The average molecular weight is 322 g/mol. The van der Waals surface area contributed by atoms with Gasteiger partial charge in [-0.3, -0.25) is 9.59 Å². The minimum Gasteiger partial charge on any atom is -0.481 e. The standard InChI is InChI=1S/C17H20ClNO3/c18-15-8-4-2-5-12(15)9-10-16(20)19-11-13-6-1-3-7-14(13)17(21)22/h2,4-5,8-10,13-14H,1,3,6-7,11H2,(H,19,20)(H,21,22)/b10-9+/t13-,14-/m0/s1. The van der Waals surface area contributed by atoms with Gasteiger partial charge in [-0.15, -0.1) is 0 Å². The number of hydrogen-bond acceptors (Lipinski definition) is 2.